The molecule has 1 aromatic carbocycles. The van der Waals surface area contributed by atoms with Crippen LogP contribution in [0.3, 0.4) is 0 Å². The van der Waals surface area contributed by atoms with Crippen LogP contribution < -0.4 is 10.5 Å². The van der Waals surface area contributed by atoms with Crippen molar-refractivity contribution in [2.75, 3.05) is 12.3 Å². The Kier molecular flexibility index (Phi) is 3.38. The van der Waals surface area contributed by atoms with Gasteiger partial charge in [0.05, 0.1) is 0 Å². The molecule has 1 heterocycles. The Labute approximate surface area is 106 Å². The molecule has 0 atom stereocenters. The van der Waals surface area contributed by atoms with Crippen molar-refractivity contribution in [2.24, 2.45) is 0 Å². The number of benzene rings is 1. The van der Waals surface area contributed by atoms with Crippen molar-refractivity contribution in [3.63, 3.8) is 0 Å². The van der Waals surface area contributed by atoms with Crippen molar-refractivity contribution < 1.29 is 9.53 Å². The second kappa shape index (κ2) is 4.96. The van der Waals surface area contributed by atoms with Crippen LogP contribution in [-0.4, -0.2) is 27.3 Å². The Bertz CT molecular complexity index is 523. The molecule has 0 aliphatic carbocycles. The summed E-state index contributed by atoms with van der Waals surface area (Å²) in [6.07, 6.45) is 1.25. The summed E-state index contributed by atoms with van der Waals surface area (Å²) in [4.78, 5) is 11.6. The highest BCUT2D eigenvalue weighted by Crippen LogP contribution is 2.16. The average Bonchev–Trinajstić information content (AvgIpc) is 2.74. The standard InChI is InChI=1S/C10H9BrN4O2/c11-7-1-3-8(4-2-7)17-5-9(16)15-6-13-14-10(15)12/h1-4,6H,5H2,(H2,12,14). The first kappa shape index (κ1) is 11.6. The summed E-state index contributed by atoms with van der Waals surface area (Å²) < 4.78 is 7.38. The third kappa shape index (κ3) is 2.82. The van der Waals surface area contributed by atoms with Crippen LogP contribution in [0, 0.1) is 0 Å². The number of ether oxygens (including phenoxy) is 1. The first-order valence-electron chi connectivity index (χ1n) is 4.74. The van der Waals surface area contributed by atoms with Gasteiger partial charge in [0.2, 0.25) is 5.95 Å². The molecule has 2 rings (SSSR count). The van der Waals surface area contributed by atoms with Gasteiger partial charge in [-0.25, -0.2) is 4.57 Å². The molecule has 7 heteroatoms. The van der Waals surface area contributed by atoms with Crippen molar-refractivity contribution >= 4 is 27.8 Å². The van der Waals surface area contributed by atoms with E-state index in [0.29, 0.717) is 5.75 Å². The molecule has 0 aliphatic rings. The van der Waals surface area contributed by atoms with E-state index >= 15 is 0 Å². The number of hydrogen-bond donors (Lipinski definition) is 1. The van der Waals surface area contributed by atoms with E-state index in [4.69, 9.17) is 10.5 Å². The molecule has 2 N–H and O–H groups in total. The summed E-state index contributed by atoms with van der Waals surface area (Å²) >= 11 is 3.31. The van der Waals surface area contributed by atoms with Crippen LogP contribution >= 0.6 is 15.9 Å². The lowest BCUT2D eigenvalue weighted by molar-refractivity contribution is 0.0840. The molecular weight excluding hydrogens is 288 g/mol. The van der Waals surface area contributed by atoms with Gasteiger partial charge in [-0.15, -0.1) is 10.2 Å². The van der Waals surface area contributed by atoms with Gasteiger partial charge < -0.3 is 10.5 Å². The van der Waals surface area contributed by atoms with Gasteiger partial charge in [0.25, 0.3) is 5.91 Å². The second-order valence-corrected chi connectivity index (χ2v) is 4.11. The highest BCUT2D eigenvalue weighted by molar-refractivity contribution is 9.10. The number of nitrogens with zero attached hydrogens (tertiary/aromatic N) is 3. The van der Waals surface area contributed by atoms with Crippen molar-refractivity contribution in [1.29, 1.82) is 0 Å². The number of carbonyl (C=O) groups is 1. The summed E-state index contributed by atoms with van der Waals surface area (Å²) in [6, 6.07) is 7.17. The molecule has 2 aromatic rings. The molecule has 0 radical (unpaired) electrons. The number of hydrogen-bond acceptors (Lipinski definition) is 5. The largest absolute Gasteiger partial charge is 0.484 e. The maximum atomic E-state index is 11.6. The van der Waals surface area contributed by atoms with Gasteiger partial charge in [0.1, 0.15) is 12.1 Å². The minimum absolute atomic E-state index is 0.0504. The lowest BCUT2D eigenvalue weighted by Crippen LogP contribution is -2.20. The van der Waals surface area contributed by atoms with Crippen molar-refractivity contribution in [3.05, 3.63) is 35.1 Å². The van der Waals surface area contributed by atoms with E-state index in [-0.39, 0.29) is 18.5 Å². The zero-order chi connectivity index (χ0) is 12.3. The number of halogens is 1. The first-order valence-corrected chi connectivity index (χ1v) is 5.53. The molecule has 0 fully saturated rings. The van der Waals surface area contributed by atoms with Crippen molar-refractivity contribution in [3.8, 4) is 5.75 Å². The van der Waals surface area contributed by atoms with E-state index in [1.54, 1.807) is 12.1 Å². The number of aromatic nitrogens is 3. The van der Waals surface area contributed by atoms with Gasteiger partial charge in [-0.3, -0.25) is 4.79 Å². The second-order valence-electron chi connectivity index (χ2n) is 3.20. The number of carbonyl (C=O) groups excluding carboxylic acids is 1. The van der Waals surface area contributed by atoms with Gasteiger partial charge in [-0.2, -0.15) is 0 Å². The lowest BCUT2D eigenvalue weighted by atomic mass is 10.3. The third-order valence-corrected chi connectivity index (χ3v) is 2.55. The Hall–Kier alpha value is -1.89. The van der Waals surface area contributed by atoms with Gasteiger partial charge in [-0.1, -0.05) is 15.9 Å². The summed E-state index contributed by atoms with van der Waals surface area (Å²) in [5, 5.41) is 7.03. The fraction of sp³-hybridized carbons (Fsp3) is 0.100. The van der Waals surface area contributed by atoms with Gasteiger partial charge in [0, 0.05) is 4.47 Å². The third-order valence-electron chi connectivity index (χ3n) is 2.02. The molecule has 88 valence electrons. The Morgan fingerprint density at radius 1 is 1.41 bits per heavy atom. The monoisotopic (exact) mass is 296 g/mol. The molecular formula is C10H9BrN4O2. The lowest BCUT2D eigenvalue weighted by Gasteiger charge is -2.05. The Morgan fingerprint density at radius 2 is 2.12 bits per heavy atom. The number of anilines is 1. The van der Waals surface area contributed by atoms with Crippen LogP contribution in [0.15, 0.2) is 35.1 Å². The molecule has 6 nitrogen and oxygen atoms in total. The Morgan fingerprint density at radius 3 is 2.71 bits per heavy atom. The van der Waals surface area contributed by atoms with Crippen LogP contribution in [0.2, 0.25) is 0 Å². The highest BCUT2D eigenvalue weighted by Gasteiger charge is 2.09. The van der Waals surface area contributed by atoms with E-state index in [9.17, 15) is 4.79 Å². The zero-order valence-corrected chi connectivity index (χ0v) is 10.3. The predicted molar refractivity (Wildman–Crippen MR) is 64.7 cm³/mol. The van der Waals surface area contributed by atoms with Crippen LogP contribution in [0.25, 0.3) is 0 Å². The molecule has 0 unspecified atom stereocenters. The molecule has 0 saturated heterocycles. The maximum Gasteiger partial charge on any atom is 0.272 e. The van der Waals surface area contributed by atoms with E-state index in [0.717, 1.165) is 9.04 Å². The van der Waals surface area contributed by atoms with Crippen molar-refractivity contribution in [2.45, 2.75) is 0 Å². The topological polar surface area (TPSA) is 83.0 Å². The SMILES string of the molecule is Nc1nncn1C(=O)COc1ccc(Br)cc1. The quantitative estimate of drug-likeness (QED) is 0.924. The first-order chi connectivity index (χ1) is 8.16. The van der Waals surface area contributed by atoms with Crippen molar-refractivity contribution in [1.82, 2.24) is 14.8 Å². The number of nitrogen functional groups attached to an aromatic ring is 1. The van der Waals surface area contributed by atoms with E-state index in [1.807, 2.05) is 12.1 Å². The molecule has 0 saturated carbocycles. The average molecular weight is 297 g/mol. The van der Waals surface area contributed by atoms with Crippen LogP contribution in [-0.2, 0) is 0 Å². The summed E-state index contributed by atoms with van der Waals surface area (Å²) in [6.45, 7) is -0.121. The zero-order valence-electron chi connectivity index (χ0n) is 8.71. The van der Waals surface area contributed by atoms with E-state index in [1.165, 1.54) is 6.33 Å². The fourth-order valence-corrected chi connectivity index (χ4v) is 1.45. The van der Waals surface area contributed by atoms with Gasteiger partial charge in [-0.05, 0) is 24.3 Å². The molecule has 0 aliphatic heterocycles. The minimum atomic E-state index is -0.324. The highest BCUT2D eigenvalue weighted by atomic mass is 79.9. The van der Waals surface area contributed by atoms with E-state index in [2.05, 4.69) is 26.1 Å². The normalized spacial score (nSPS) is 10.2. The van der Waals surface area contributed by atoms with Crippen LogP contribution in [0.5, 0.6) is 5.75 Å². The molecule has 0 amide bonds. The molecule has 17 heavy (non-hydrogen) atoms. The number of rotatable bonds is 3. The van der Waals surface area contributed by atoms with E-state index < -0.39 is 0 Å². The maximum absolute atomic E-state index is 11.6. The smallest absolute Gasteiger partial charge is 0.272 e. The predicted octanol–water partition coefficient (Wildman–Crippen LogP) is 1.34. The summed E-state index contributed by atoms with van der Waals surface area (Å²) in [5.41, 5.74) is 5.44. The summed E-state index contributed by atoms with van der Waals surface area (Å²) in [5.74, 6) is 0.332. The van der Waals surface area contributed by atoms with Crippen LogP contribution in [0.1, 0.15) is 4.79 Å². The minimum Gasteiger partial charge on any atom is -0.484 e. The molecule has 0 bridgehead atoms. The fourth-order valence-electron chi connectivity index (χ4n) is 1.18. The molecule has 0 spiro atoms. The summed E-state index contributed by atoms with van der Waals surface area (Å²) in [7, 11) is 0. The molecule has 1 aromatic heterocycles. The van der Waals surface area contributed by atoms with Gasteiger partial charge >= 0.3 is 0 Å². The van der Waals surface area contributed by atoms with Crippen LogP contribution in [0.4, 0.5) is 5.95 Å². The number of nitrogens with two attached hydrogens (primary N) is 1. The van der Waals surface area contributed by atoms with Gasteiger partial charge in [0.15, 0.2) is 6.61 Å². The Balaban J connectivity index is 1.97.